The third-order valence-corrected chi connectivity index (χ3v) is 3.46. The number of Topliss-reactive ketones (excluding diaryl/α,β-unsaturated/α-hetero) is 1. The van der Waals surface area contributed by atoms with Gasteiger partial charge < -0.3 is 9.47 Å². The lowest BCUT2D eigenvalue weighted by molar-refractivity contribution is -0.384. The molecule has 20 heavy (non-hydrogen) atoms. The maximum atomic E-state index is 11.9. The number of fused-ring (bicyclic) bond motifs is 1. The van der Waals surface area contributed by atoms with Crippen molar-refractivity contribution in [2.75, 3.05) is 0 Å². The van der Waals surface area contributed by atoms with E-state index in [9.17, 15) is 19.7 Å². The summed E-state index contributed by atoms with van der Waals surface area (Å²) in [5.74, 6) is -0.508. The van der Waals surface area contributed by atoms with Crippen LogP contribution in [0.15, 0.2) is 24.3 Å². The van der Waals surface area contributed by atoms with E-state index in [4.69, 9.17) is 9.47 Å². The van der Waals surface area contributed by atoms with Gasteiger partial charge in [0.2, 0.25) is 0 Å². The number of epoxide rings is 1. The van der Waals surface area contributed by atoms with Crippen molar-refractivity contribution in [3.63, 3.8) is 0 Å². The van der Waals surface area contributed by atoms with Crippen LogP contribution in [0.5, 0.6) is 0 Å². The van der Waals surface area contributed by atoms with Gasteiger partial charge in [-0.3, -0.25) is 14.9 Å². The van der Waals surface area contributed by atoms with Gasteiger partial charge in [0.1, 0.15) is 18.3 Å². The molecule has 3 atom stereocenters. The van der Waals surface area contributed by atoms with Crippen molar-refractivity contribution in [3.05, 3.63) is 39.9 Å². The number of non-ortho nitro benzene ring substituents is 1. The number of ether oxygens (including phenoxy) is 2. The quantitative estimate of drug-likeness (QED) is 0.357. The molecule has 1 aliphatic heterocycles. The van der Waals surface area contributed by atoms with Gasteiger partial charge in [0, 0.05) is 18.6 Å². The number of nitro benzene ring substituents is 1. The Morgan fingerprint density at radius 2 is 2.05 bits per heavy atom. The molecule has 0 bridgehead atoms. The van der Waals surface area contributed by atoms with E-state index in [0.717, 1.165) is 0 Å². The average molecular weight is 277 g/mol. The van der Waals surface area contributed by atoms with Crippen molar-refractivity contribution in [1.82, 2.24) is 0 Å². The number of ketones is 1. The molecular weight excluding hydrogens is 266 g/mol. The molecule has 1 saturated carbocycles. The predicted molar refractivity (Wildman–Crippen MR) is 65.2 cm³/mol. The van der Waals surface area contributed by atoms with Crippen LogP contribution < -0.4 is 0 Å². The topological polar surface area (TPSA) is 99.0 Å². The first-order valence-electron chi connectivity index (χ1n) is 6.20. The van der Waals surface area contributed by atoms with E-state index in [0.29, 0.717) is 12.8 Å². The minimum atomic E-state index is -0.562. The summed E-state index contributed by atoms with van der Waals surface area (Å²) in [5, 5.41) is 10.5. The van der Waals surface area contributed by atoms with Crippen LogP contribution in [0, 0.1) is 10.1 Å². The van der Waals surface area contributed by atoms with Crippen LogP contribution >= 0.6 is 0 Å². The average Bonchev–Trinajstić information content (AvgIpc) is 3.23. The molecule has 0 radical (unpaired) electrons. The number of nitrogens with zero attached hydrogens (tertiary/aromatic N) is 1. The molecule has 7 heteroatoms. The van der Waals surface area contributed by atoms with Gasteiger partial charge in [-0.05, 0) is 18.6 Å². The fraction of sp³-hybridized carbons (Fsp3) is 0.385. The standard InChI is InChI=1S/C13H11NO6/c15-9-5-6-10(12-11(9)20-12)19-13(16)7-1-3-8(4-2-7)14(17)18/h1-4,10-12H,5-6H2/t10-,11-,12+/m0/s1. The highest BCUT2D eigenvalue weighted by molar-refractivity contribution is 5.90. The molecule has 104 valence electrons. The molecule has 1 aliphatic carbocycles. The Kier molecular flexibility index (Phi) is 2.98. The number of hydrogen-bond acceptors (Lipinski definition) is 6. The number of rotatable bonds is 3. The number of benzene rings is 1. The summed E-state index contributed by atoms with van der Waals surface area (Å²) in [6.07, 6.45) is -0.352. The molecule has 0 spiro atoms. The van der Waals surface area contributed by atoms with Gasteiger partial charge in [-0.1, -0.05) is 0 Å². The molecule has 2 fully saturated rings. The van der Waals surface area contributed by atoms with Crippen molar-refractivity contribution in [2.24, 2.45) is 0 Å². The monoisotopic (exact) mass is 277 g/mol. The number of carbonyl (C=O) groups excluding carboxylic acids is 2. The molecule has 7 nitrogen and oxygen atoms in total. The van der Waals surface area contributed by atoms with E-state index in [1.54, 1.807) is 0 Å². The van der Waals surface area contributed by atoms with Crippen LogP contribution in [0.25, 0.3) is 0 Å². The summed E-state index contributed by atoms with van der Waals surface area (Å²) in [7, 11) is 0. The van der Waals surface area contributed by atoms with Gasteiger partial charge in [0.25, 0.3) is 5.69 Å². The Labute approximate surface area is 113 Å². The van der Waals surface area contributed by atoms with Crippen molar-refractivity contribution in [1.29, 1.82) is 0 Å². The number of hydrogen-bond donors (Lipinski definition) is 0. The second-order valence-corrected chi connectivity index (χ2v) is 4.77. The largest absolute Gasteiger partial charge is 0.456 e. The minimum Gasteiger partial charge on any atom is -0.456 e. The van der Waals surface area contributed by atoms with E-state index in [-0.39, 0.29) is 23.1 Å². The fourth-order valence-corrected chi connectivity index (χ4v) is 2.31. The Hall–Kier alpha value is -2.28. The molecule has 1 heterocycles. The smallest absolute Gasteiger partial charge is 0.338 e. The summed E-state index contributed by atoms with van der Waals surface area (Å²) < 4.78 is 10.5. The normalized spacial score (nSPS) is 27.6. The second kappa shape index (κ2) is 4.68. The van der Waals surface area contributed by atoms with Crippen LogP contribution in [0.3, 0.4) is 0 Å². The van der Waals surface area contributed by atoms with Gasteiger partial charge >= 0.3 is 5.97 Å². The molecule has 2 aliphatic rings. The van der Waals surface area contributed by atoms with Crippen molar-refractivity contribution in [3.8, 4) is 0 Å². The van der Waals surface area contributed by atoms with Crippen LogP contribution in [0.1, 0.15) is 23.2 Å². The SMILES string of the molecule is O=C(O[C@H]1CCC(=O)[C@@H]2O[C@H]12)c1ccc([N+](=O)[O-])cc1. The third kappa shape index (κ3) is 2.27. The Bertz CT molecular complexity index is 581. The first kappa shape index (κ1) is 12.7. The van der Waals surface area contributed by atoms with Gasteiger partial charge in [-0.2, -0.15) is 0 Å². The number of esters is 1. The number of carbonyl (C=O) groups is 2. The Morgan fingerprint density at radius 1 is 1.35 bits per heavy atom. The maximum Gasteiger partial charge on any atom is 0.338 e. The van der Waals surface area contributed by atoms with Gasteiger partial charge in [0.05, 0.1) is 10.5 Å². The molecule has 0 N–H and O–H groups in total. The van der Waals surface area contributed by atoms with E-state index >= 15 is 0 Å². The summed E-state index contributed by atoms with van der Waals surface area (Å²) in [6, 6.07) is 5.19. The first-order valence-corrected chi connectivity index (χ1v) is 6.20. The lowest BCUT2D eigenvalue weighted by atomic mass is 9.96. The van der Waals surface area contributed by atoms with Crippen LogP contribution in [-0.2, 0) is 14.3 Å². The molecule has 1 saturated heterocycles. The van der Waals surface area contributed by atoms with Gasteiger partial charge in [-0.15, -0.1) is 0 Å². The zero-order valence-corrected chi connectivity index (χ0v) is 10.4. The highest BCUT2D eigenvalue weighted by atomic mass is 16.6. The zero-order valence-electron chi connectivity index (χ0n) is 10.4. The van der Waals surface area contributed by atoms with E-state index < -0.39 is 23.1 Å². The third-order valence-electron chi connectivity index (χ3n) is 3.46. The number of nitro groups is 1. The van der Waals surface area contributed by atoms with E-state index in [2.05, 4.69) is 0 Å². The highest BCUT2D eigenvalue weighted by Crippen LogP contribution is 2.36. The zero-order chi connectivity index (χ0) is 14.3. The predicted octanol–water partition coefficient (Wildman–Crippen LogP) is 1.25. The van der Waals surface area contributed by atoms with Gasteiger partial charge in [0.15, 0.2) is 5.78 Å². The van der Waals surface area contributed by atoms with Crippen molar-refractivity contribution >= 4 is 17.4 Å². The molecule has 1 aromatic carbocycles. The highest BCUT2D eigenvalue weighted by Gasteiger charge is 2.54. The molecular formula is C13H11NO6. The van der Waals surface area contributed by atoms with Crippen molar-refractivity contribution < 1.29 is 24.0 Å². The molecule has 3 rings (SSSR count). The second-order valence-electron chi connectivity index (χ2n) is 4.77. The molecule has 0 amide bonds. The molecule has 1 aromatic rings. The summed E-state index contributed by atoms with van der Waals surface area (Å²) in [4.78, 5) is 33.2. The Morgan fingerprint density at radius 3 is 2.70 bits per heavy atom. The van der Waals surface area contributed by atoms with Crippen LogP contribution in [0.2, 0.25) is 0 Å². The summed E-state index contributed by atoms with van der Waals surface area (Å²) >= 11 is 0. The van der Waals surface area contributed by atoms with Gasteiger partial charge in [-0.25, -0.2) is 4.79 Å². The molecule has 0 aromatic heterocycles. The van der Waals surface area contributed by atoms with Crippen LogP contribution in [0.4, 0.5) is 5.69 Å². The maximum absolute atomic E-state index is 11.9. The fourth-order valence-electron chi connectivity index (χ4n) is 2.31. The van der Waals surface area contributed by atoms with E-state index in [1.165, 1.54) is 24.3 Å². The van der Waals surface area contributed by atoms with Crippen molar-refractivity contribution in [2.45, 2.75) is 31.2 Å². The van der Waals surface area contributed by atoms with Crippen LogP contribution in [-0.4, -0.2) is 35.0 Å². The Balaban J connectivity index is 1.65. The molecule has 0 unspecified atom stereocenters. The first-order chi connectivity index (χ1) is 9.56. The minimum absolute atomic E-state index is 0.0534. The summed E-state index contributed by atoms with van der Waals surface area (Å²) in [5.41, 5.74) is 0.153. The summed E-state index contributed by atoms with van der Waals surface area (Å²) in [6.45, 7) is 0. The lowest BCUT2D eigenvalue weighted by Crippen LogP contribution is -2.32. The van der Waals surface area contributed by atoms with E-state index in [1.807, 2.05) is 0 Å². The lowest BCUT2D eigenvalue weighted by Gasteiger charge is -2.18.